The Morgan fingerprint density at radius 1 is 0.500 bits per heavy atom. The van der Waals surface area contributed by atoms with Crippen molar-refractivity contribution >= 4 is 0 Å². The smallest absolute Gasteiger partial charge is 0.0698 e. The predicted octanol–water partition coefficient (Wildman–Crippen LogP) is 3.93. The monoisotopic (exact) mass is 320 g/mol. The highest BCUT2D eigenvalue weighted by Gasteiger charge is 1.91. The van der Waals surface area contributed by atoms with Crippen LogP contribution in [0.25, 0.3) is 0 Å². The van der Waals surface area contributed by atoms with Crippen molar-refractivity contribution in [2.75, 3.05) is 39.6 Å². The normalized spacial score (nSPS) is 10.4. The van der Waals surface area contributed by atoms with Gasteiger partial charge in [-0.3, -0.25) is 0 Å². The summed E-state index contributed by atoms with van der Waals surface area (Å²) in [6.45, 7) is 7.18. The average molecular weight is 321 g/mol. The summed E-state index contributed by atoms with van der Waals surface area (Å²) in [6, 6.07) is 0. The van der Waals surface area contributed by atoms with Gasteiger partial charge in [-0.15, -0.1) is 0 Å². The molecule has 2 N–H and O–H groups in total. The summed E-state index contributed by atoms with van der Waals surface area (Å²) in [6.07, 6.45) is 13.4. The Morgan fingerprint density at radius 3 is 1.23 bits per heavy atom. The minimum Gasteiger partial charge on any atom is -0.394 e. The molecule has 4 heteroatoms. The molecule has 0 bridgehead atoms. The van der Waals surface area contributed by atoms with Crippen LogP contribution in [-0.4, -0.2) is 49.9 Å². The van der Waals surface area contributed by atoms with Crippen LogP contribution in [0.5, 0.6) is 0 Å². The van der Waals surface area contributed by atoms with Crippen molar-refractivity contribution in [1.82, 2.24) is 0 Å². The summed E-state index contributed by atoms with van der Waals surface area (Å²) in [5.41, 5.74) is 0. The molecule has 0 saturated carbocycles. The fourth-order valence-corrected chi connectivity index (χ4v) is 1.95. The molecule has 0 aliphatic rings. The van der Waals surface area contributed by atoms with E-state index in [4.69, 9.17) is 14.9 Å². The number of rotatable bonds is 16. The fourth-order valence-electron chi connectivity index (χ4n) is 1.95. The van der Waals surface area contributed by atoms with Gasteiger partial charge in [-0.05, 0) is 12.8 Å². The van der Waals surface area contributed by atoms with Gasteiger partial charge in [-0.1, -0.05) is 65.2 Å². The molecule has 0 radical (unpaired) electrons. The van der Waals surface area contributed by atoms with E-state index in [0.29, 0.717) is 13.2 Å². The average Bonchev–Trinajstić information content (AvgIpc) is 2.54. The summed E-state index contributed by atoms with van der Waals surface area (Å²) in [7, 11) is 0. The summed E-state index contributed by atoms with van der Waals surface area (Å²) in [5.74, 6) is 0. The van der Waals surface area contributed by atoms with E-state index in [2.05, 4.69) is 18.6 Å². The van der Waals surface area contributed by atoms with Gasteiger partial charge in [0.05, 0.1) is 26.4 Å². The van der Waals surface area contributed by atoms with Crippen LogP contribution in [0.1, 0.15) is 78.1 Å². The Balaban J connectivity index is 0. The second-order valence-corrected chi connectivity index (χ2v) is 5.50. The van der Waals surface area contributed by atoms with E-state index in [9.17, 15) is 0 Å². The minimum atomic E-state index is 0.0278. The quantitative estimate of drug-likeness (QED) is 0.423. The summed E-state index contributed by atoms with van der Waals surface area (Å²) in [4.78, 5) is 0. The lowest BCUT2D eigenvalue weighted by Crippen LogP contribution is -2.03. The Hall–Kier alpha value is -0.160. The first kappa shape index (κ1) is 24.1. The van der Waals surface area contributed by atoms with Gasteiger partial charge in [0.15, 0.2) is 0 Å². The number of hydrogen-bond acceptors (Lipinski definition) is 4. The van der Waals surface area contributed by atoms with E-state index in [1.165, 1.54) is 64.2 Å². The van der Waals surface area contributed by atoms with Gasteiger partial charge in [0.25, 0.3) is 0 Å². The number of hydrogen-bond donors (Lipinski definition) is 2. The van der Waals surface area contributed by atoms with Crippen LogP contribution >= 0.6 is 0 Å². The zero-order valence-electron chi connectivity index (χ0n) is 15.0. The van der Waals surface area contributed by atoms with Gasteiger partial charge in [0.2, 0.25) is 0 Å². The van der Waals surface area contributed by atoms with Crippen molar-refractivity contribution < 1.29 is 19.7 Å². The van der Waals surface area contributed by atoms with E-state index in [1.54, 1.807) is 0 Å². The summed E-state index contributed by atoms with van der Waals surface area (Å²) >= 11 is 0. The molecule has 0 aromatic heterocycles. The van der Waals surface area contributed by atoms with Crippen LogP contribution < -0.4 is 0 Å². The fraction of sp³-hybridized carbons (Fsp3) is 1.00. The van der Waals surface area contributed by atoms with Crippen molar-refractivity contribution in [3.8, 4) is 0 Å². The molecule has 0 fully saturated rings. The first-order valence-corrected chi connectivity index (χ1v) is 9.20. The molecular weight excluding hydrogens is 280 g/mol. The summed E-state index contributed by atoms with van der Waals surface area (Å²) < 4.78 is 10.2. The van der Waals surface area contributed by atoms with E-state index >= 15 is 0 Å². The Morgan fingerprint density at radius 2 is 0.864 bits per heavy atom. The van der Waals surface area contributed by atoms with Crippen LogP contribution in [0.4, 0.5) is 0 Å². The molecule has 0 aromatic carbocycles. The molecule has 4 nitrogen and oxygen atoms in total. The number of ether oxygens (including phenoxy) is 2. The molecule has 0 rings (SSSR count). The zero-order chi connectivity index (χ0) is 16.7. The molecule has 0 unspecified atom stereocenters. The maximum absolute atomic E-state index is 8.09. The topological polar surface area (TPSA) is 58.9 Å². The lowest BCUT2D eigenvalue weighted by Gasteiger charge is -2.03. The molecule has 22 heavy (non-hydrogen) atoms. The van der Waals surface area contributed by atoms with Gasteiger partial charge in [0, 0.05) is 13.2 Å². The highest BCUT2D eigenvalue weighted by molar-refractivity contribution is 4.44. The van der Waals surface area contributed by atoms with Crippen LogP contribution in [0, 0.1) is 0 Å². The van der Waals surface area contributed by atoms with E-state index in [0.717, 1.165) is 13.2 Å². The third kappa shape index (κ3) is 28.1. The molecule has 0 atom stereocenters. The second-order valence-electron chi connectivity index (χ2n) is 5.50. The molecule has 0 heterocycles. The lowest BCUT2D eigenvalue weighted by atomic mass is 10.1. The third-order valence-electron chi connectivity index (χ3n) is 3.26. The Labute approximate surface area is 138 Å². The molecule has 0 aliphatic heterocycles. The molecule has 0 amide bonds. The van der Waals surface area contributed by atoms with Crippen LogP contribution in [-0.2, 0) is 9.47 Å². The van der Waals surface area contributed by atoms with Crippen molar-refractivity contribution in [3.63, 3.8) is 0 Å². The van der Waals surface area contributed by atoms with Crippen LogP contribution in [0.15, 0.2) is 0 Å². The van der Waals surface area contributed by atoms with Gasteiger partial charge in [-0.2, -0.15) is 0 Å². The van der Waals surface area contributed by atoms with Gasteiger partial charge >= 0.3 is 0 Å². The minimum absolute atomic E-state index is 0.0278. The predicted molar refractivity (Wildman–Crippen MR) is 93.3 cm³/mol. The first-order valence-electron chi connectivity index (χ1n) is 9.20. The third-order valence-corrected chi connectivity index (χ3v) is 3.26. The zero-order valence-corrected chi connectivity index (χ0v) is 15.0. The van der Waals surface area contributed by atoms with Crippen LogP contribution in [0.2, 0.25) is 0 Å². The van der Waals surface area contributed by atoms with Crippen molar-refractivity contribution in [3.05, 3.63) is 0 Å². The first-order chi connectivity index (χ1) is 10.8. The standard InChI is InChI=1S/C14H30O.C4H10O3/c1-3-5-7-9-11-13-15-14-12-10-8-6-4-2;5-1-3-7-4-2-6/h3-14H2,1-2H3;5-6H,1-4H2. The van der Waals surface area contributed by atoms with Crippen molar-refractivity contribution in [2.24, 2.45) is 0 Å². The molecule has 0 aromatic rings. The maximum Gasteiger partial charge on any atom is 0.0698 e. The number of aliphatic hydroxyl groups excluding tert-OH is 2. The SMILES string of the molecule is CCCCCCCOCCCCCCC.OCCOCCO. The number of unbranched alkanes of at least 4 members (excludes halogenated alkanes) is 8. The Kier molecular flexibility index (Phi) is 28.2. The van der Waals surface area contributed by atoms with E-state index in [1.807, 2.05) is 0 Å². The van der Waals surface area contributed by atoms with E-state index < -0.39 is 0 Å². The van der Waals surface area contributed by atoms with Gasteiger partial charge in [-0.25, -0.2) is 0 Å². The molecule has 0 aliphatic carbocycles. The van der Waals surface area contributed by atoms with Crippen molar-refractivity contribution in [1.29, 1.82) is 0 Å². The molecular formula is C18H40O4. The molecule has 0 spiro atoms. The van der Waals surface area contributed by atoms with E-state index in [-0.39, 0.29) is 13.2 Å². The highest BCUT2D eigenvalue weighted by atomic mass is 16.5. The van der Waals surface area contributed by atoms with Gasteiger partial charge < -0.3 is 19.7 Å². The Bertz CT molecular complexity index is 149. The van der Waals surface area contributed by atoms with Crippen molar-refractivity contribution in [2.45, 2.75) is 78.1 Å². The maximum atomic E-state index is 8.09. The van der Waals surface area contributed by atoms with Gasteiger partial charge in [0.1, 0.15) is 0 Å². The highest BCUT2D eigenvalue weighted by Crippen LogP contribution is 2.04. The lowest BCUT2D eigenvalue weighted by molar-refractivity contribution is 0.0650. The van der Waals surface area contributed by atoms with Crippen LogP contribution in [0.3, 0.4) is 0 Å². The molecule has 136 valence electrons. The molecule has 0 saturated heterocycles. The number of aliphatic hydroxyl groups is 2. The largest absolute Gasteiger partial charge is 0.394 e. The second kappa shape index (κ2) is 25.8. The summed E-state index contributed by atoms with van der Waals surface area (Å²) in [5, 5.41) is 16.2.